The number of hydrogen-bond acceptors (Lipinski definition) is 5. The van der Waals surface area contributed by atoms with Crippen molar-refractivity contribution in [2.45, 2.75) is 32.6 Å². The van der Waals surface area contributed by atoms with Crippen LogP contribution in [-0.4, -0.2) is 27.6 Å². The van der Waals surface area contributed by atoms with Gasteiger partial charge < -0.3 is 4.90 Å². The number of aromatic nitrogens is 3. The third-order valence-electron chi connectivity index (χ3n) is 4.45. The van der Waals surface area contributed by atoms with Crippen LogP contribution in [0.25, 0.3) is 16.0 Å². The minimum atomic E-state index is 0.828. The Kier molecular flexibility index (Phi) is 4.33. The maximum Gasteiger partial charge on any atom is 0.168 e. The van der Waals surface area contributed by atoms with Gasteiger partial charge in [-0.25, -0.2) is 9.97 Å². The van der Waals surface area contributed by atoms with E-state index in [0.717, 1.165) is 51.1 Å². The number of rotatable bonds is 3. The summed E-state index contributed by atoms with van der Waals surface area (Å²) in [6.45, 7) is 4.26. The highest BCUT2D eigenvalue weighted by Crippen LogP contribution is 2.33. The molecule has 0 spiro atoms. The fraction of sp³-hybridized carbons (Fsp3) is 0.389. The van der Waals surface area contributed by atoms with Gasteiger partial charge >= 0.3 is 0 Å². The Morgan fingerprint density at radius 3 is 2.54 bits per heavy atom. The molecule has 4 rings (SSSR count). The van der Waals surface area contributed by atoms with E-state index in [1.54, 1.807) is 11.3 Å². The second-order valence-corrected chi connectivity index (χ2v) is 7.70. The van der Waals surface area contributed by atoms with E-state index in [4.69, 9.17) is 22.2 Å². The number of fused-ring (bicyclic) bond motifs is 1. The zero-order valence-corrected chi connectivity index (χ0v) is 15.4. The number of anilines is 1. The molecule has 2 aromatic heterocycles. The van der Waals surface area contributed by atoms with Crippen molar-refractivity contribution in [3.8, 4) is 5.69 Å². The van der Waals surface area contributed by atoms with E-state index < -0.39 is 0 Å². The van der Waals surface area contributed by atoms with Crippen LogP contribution in [0, 0.1) is 3.95 Å². The number of para-hydroxylation sites is 1. The Bertz CT molecular complexity index is 908. The summed E-state index contributed by atoms with van der Waals surface area (Å²) in [6, 6.07) is 10.3. The van der Waals surface area contributed by atoms with E-state index in [2.05, 4.69) is 28.5 Å². The van der Waals surface area contributed by atoms with Crippen LogP contribution in [0.15, 0.2) is 30.3 Å². The first kappa shape index (κ1) is 15.7. The highest BCUT2D eigenvalue weighted by Gasteiger charge is 2.20. The molecule has 0 aliphatic carbocycles. The molecule has 1 aliphatic heterocycles. The van der Waals surface area contributed by atoms with Crippen LogP contribution >= 0.6 is 23.6 Å². The molecule has 4 nitrogen and oxygen atoms in total. The summed E-state index contributed by atoms with van der Waals surface area (Å²) in [5.74, 6) is 1.96. The minimum Gasteiger partial charge on any atom is -0.355 e. The number of aryl methyl sites for hydroxylation is 1. The quantitative estimate of drug-likeness (QED) is 0.633. The molecule has 3 aromatic rings. The van der Waals surface area contributed by atoms with Gasteiger partial charge in [0.05, 0.1) is 0 Å². The summed E-state index contributed by atoms with van der Waals surface area (Å²) in [5.41, 5.74) is 2.02. The maximum atomic E-state index is 5.67. The van der Waals surface area contributed by atoms with Crippen molar-refractivity contribution in [2.75, 3.05) is 18.0 Å². The molecule has 0 saturated carbocycles. The highest BCUT2D eigenvalue weighted by atomic mass is 32.1. The average Bonchev–Trinajstić information content (AvgIpc) is 2.98. The van der Waals surface area contributed by atoms with Crippen LogP contribution in [0.2, 0.25) is 0 Å². The first-order chi connectivity index (χ1) is 11.8. The molecule has 0 amide bonds. The highest BCUT2D eigenvalue weighted by molar-refractivity contribution is 7.73. The van der Waals surface area contributed by atoms with Crippen LogP contribution in [-0.2, 0) is 6.42 Å². The minimum absolute atomic E-state index is 0.828. The molecule has 1 aromatic carbocycles. The Labute approximate surface area is 150 Å². The standard InChI is InChI=1S/C18H20N4S2/c1-2-14-19-16(21-11-7-4-8-12-21)15-17(20-14)22(18(23)24-15)13-9-5-3-6-10-13/h3,5-6,9-10H,2,4,7-8,11-12H2,1H3. The van der Waals surface area contributed by atoms with Gasteiger partial charge in [0.15, 0.2) is 15.4 Å². The third-order valence-corrected chi connectivity index (χ3v) is 5.81. The molecule has 1 fully saturated rings. The summed E-state index contributed by atoms with van der Waals surface area (Å²) in [7, 11) is 0. The Morgan fingerprint density at radius 2 is 1.83 bits per heavy atom. The molecule has 0 N–H and O–H groups in total. The lowest BCUT2D eigenvalue weighted by Crippen LogP contribution is -2.30. The van der Waals surface area contributed by atoms with Crippen LogP contribution in [0.3, 0.4) is 0 Å². The summed E-state index contributed by atoms with van der Waals surface area (Å²) in [6.07, 6.45) is 4.61. The molecule has 0 bridgehead atoms. The fourth-order valence-corrected chi connectivity index (χ4v) is 4.61. The second-order valence-electron chi connectivity index (χ2n) is 6.06. The lowest BCUT2D eigenvalue weighted by molar-refractivity contribution is 0.574. The van der Waals surface area contributed by atoms with Gasteiger partial charge in [0.1, 0.15) is 10.5 Å². The first-order valence-corrected chi connectivity index (χ1v) is 9.73. The molecule has 6 heteroatoms. The Morgan fingerprint density at radius 1 is 1.08 bits per heavy atom. The van der Waals surface area contributed by atoms with Crippen molar-refractivity contribution in [1.82, 2.24) is 14.5 Å². The van der Waals surface area contributed by atoms with Gasteiger partial charge in [0, 0.05) is 25.2 Å². The Hall–Kier alpha value is -1.79. The molecule has 1 saturated heterocycles. The lowest BCUT2D eigenvalue weighted by Gasteiger charge is -2.28. The largest absolute Gasteiger partial charge is 0.355 e. The summed E-state index contributed by atoms with van der Waals surface area (Å²) in [5, 5.41) is 0. The molecular formula is C18H20N4S2. The van der Waals surface area contributed by atoms with Gasteiger partial charge in [0.2, 0.25) is 0 Å². The summed E-state index contributed by atoms with van der Waals surface area (Å²) >= 11 is 7.29. The normalized spacial score (nSPS) is 15.1. The van der Waals surface area contributed by atoms with E-state index in [1.807, 2.05) is 18.2 Å². The number of nitrogens with zero attached hydrogens (tertiary/aromatic N) is 4. The summed E-state index contributed by atoms with van der Waals surface area (Å²) in [4.78, 5) is 12.1. The van der Waals surface area contributed by atoms with Gasteiger partial charge in [-0.1, -0.05) is 36.5 Å². The molecule has 24 heavy (non-hydrogen) atoms. The van der Waals surface area contributed by atoms with Crippen molar-refractivity contribution in [2.24, 2.45) is 0 Å². The SMILES string of the molecule is CCc1nc(N2CCCCC2)c2sc(=S)n(-c3ccccc3)c2n1. The topological polar surface area (TPSA) is 34.0 Å². The number of hydrogen-bond donors (Lipinski definition) is 0. The molecule has 0 atom stereocenters. The van der Waals surface area contributed by atoms with Crippen molar-refractivity contribution in [1.29, 1.82) is 0 Å². The Balaban J connectivity index is 1.96. The zero-order valence-electron chi connectivity index (χ0n) is 13.7. The smallest absolute Gasteiger partial charge is 0.168 e. The van der Waals surface area contributed by atoms with Crippen molar-refractivity contribution in [3.05, 3.63) is 40.1 Å². The third kappa shape index (κ3) is 2.74. The molecular weight excluding hydrogens is 336 g/mol. The molecule has 0 radical (unpaired) electrons. The van der Waals surface area contributed by atoms with E-state index in [9.17, 15) is 0 Å². The number of benzene rings is 1. The van der Waals surface area contributed by atoms with Gasteiger partial charge in [0.25, 0.3) is 0 Å². The lowest BCUT2D eigenvalue weighted by atomic mass is 10.1. The second kappa shape index (κ2) is 6.61. The molecule has 1 aliphatic rings. The number of piperidine rings is 1. The van der Waals surface area contributed by atoms with Gasteiger partial charge in [-0.15, -0.1) is 0 Å². The summed E-state index contributed by atoms with van der Waals surface area (Å²) < 4.78 is 4.03. The van der Waals surface area contributed by atoms with Crippen molar-refractivity contribution in [3.63, 3.8) is 0 Å². The monoisotopic (exact) mass is 356 g/mol. The van der Waals surface area contributed by atoms with Crippen LogP contribution in [0.4, 0.5) is 5.82 Å². The van der Waals surface area contributed by atoms with Gasteiger partial charge in [-0.2, -0.15) is 0 Å². The van der Waals surface area contributed by atoms with Crippen LogP contribution in [0.1, 0.15) is 32.0 Å². The van der Waals surface area contributed by atoms with E-state index >= 15 is 0 Å². The van der Waals surface area contributed by atoms with Crippen molar-refractivity contribution < 1.29 is 0 Å². The fourth-order valence-electron chi connectivity index (χ4n) is 3.22. The van der Waals surface area contributed by atoms with Crippen molar-refractivity contribution >= 4 is 39.7 Å². The molecule has 124 valence electrons. The van der Waals surface area contributed by atoms with E-state index in [-0.39, 0.29) is 0 Å². The van der Waals surface area contributed by atoms with E-state index in [1.165, 1.54) is 19.3 Å². The van der Waals surface area contributed by atoms with Crippen LogP contribution < -0.4 is 4.90 Å². The molecule has 0 unspecified atom stereocenters. The average molecular weight is 357 g/mol. The predicted molar refractivity (Wildman–Crippen MR) is 103 cm³/mol. The maximum absolute atomic E-state index is 5.67. The molecule has 3 heterocycles. The number of thiazole rings is 1. The van der Waals surface area contributed by atoms with Crippen LogP contribution in [0.5, 0.6) is 0 Å². The zero-order chi connectivity index (χ0) is 16.5. The first-order valence-electron chi connectivity index (χ1n) is 8.51. The van der Waals surface area contributed by atoms with Gasteiger partial charge in [-0.3, -0.25) is 4.57 Å². The predicted octanol–water partition coefficient (Wildman–Crippen LogP) is 4.76. The van der Waals surface area contributed by atoms with E-state index in [0.29, 0.717) is 0 Å². The van der Waals surface area contributed by atoms with Gasteiger partial charge in [-0.05, 0) is 43.6 Å².